The number of hydrogen-bond acceptors (Lipinski definition) is 6. The molecule has 1 unspecified atom stereocenters. The molecule has 1 aliphatic rings. The first-order valence-electron chi connectivity index (χ1n) is 5.58. The van der Waals surface area contributed by atoms with Crippen molar-refractivity contribution >= 4 is 22.4 Å². The van der Waals surface area contributed by atoms with Crippen molar-refractivity contribution in [2.75, 3.05) is 5.32 Å². The van der Waals surface area contributed by atoms with Gasteiger partial charge in [0.2, 0.25) is 11.0 Å². The number of anilines is 1. The van der Waals surface area contributed by atoms with E-state index in [1.54, 1.807) is 6.33 Å². The van der Waals surface area contributed by atoms with Crippen LogP contribution < -0.4 is 10.6 Å². The van der Waals surface area contributed by atoms with E-state index >= 15 is 0 Å². The van der Waals surface area contributed by atoms with Crippen LogP contribution in [0.3, 0.4) is 0 Å². The Morgan fingerprint density at radius 2 is 2.44 bits per heavy atom. The lowest BCUT2D eigenvalue weighted by Crippen LogP contribution is -2.44. The lowest BCUT2D eigenvalue weighted by molar-refractivity contribution is -0.118. The fraction of sp³-hybridized carbons (Fsp3) is 0.400. The number of aromatic nitrogens is 4. The van der Waals surface area contributed by atoms with Crippen molar-refractivity contribution in [1.82, 2.24) is 25.5 Å². The Morgan fingerprint density at radius 3 is 3.22 bits per heavy atom. The summed E-state index contributed by atoms with van der Waals surface area (Å²) in [5.41, 5.74) is 1.99. The van der Waals surface area contributed by atoms with Crippen molar-refractivity contribution in [2.45, 2.75) is 25.9 Å². The van der Waals surface area contributed by atoms with Crippen molar-refractivity contribution in [1.29, 1.82) is 0 Å². The zero-order valence-electron chi connectivity index (χ0n) is 9.73. The van der Waals surface area contributed by atoms with Crippen LogP contribution in [-0.2, 0) is 17.8 Å². The van der Waals surface area contributed by atoms with Gasteiger partial charge in [-0.1, -0.05) is 11.3 Å². The Kier molecular flexibility index (Phi) is 2.80. The normalized spacial score (nSPS) is 18.4. The third-order valence-corrected chi connectivity index (χ3v) is 3.56. The summed E-state index contributed by atoms with van der Waals surface area (Å²) in [6.07, 6.45) is 2.24. The summed E-state index contributed by atoms with van der Waals surface area (Å²) < 4.78 is 0. The fourth-order valence-corrected chi connectivity index (χ4v) is 2.49. The van der Waals surface area contributed by atoms with Gasteiger partial charge in [0, 0.05) is 13.0 Å². The largest absolute Gasteiger partial charge is 0.347 e. The second-order valence-electron chi connectivity index (χ2n) is 4.08. The molecule has 3 N–H and O–H groups in total. The predicted molar refractivity (Wildman–Crippen MR) is 66.2 cm³/mol. The Morgan fingerprint density at radius 1 is 1.56 bits per heavy atom. The highest BCUT2D eigenvalue weighted by Crippen LogP contribution is 2.16. The van der Waals surface area contributed by atoms with Gasteiger partial charge in [-0.05, 0) is 6.92 Å². The van der Waals surface area contributed by atoms with Gasteiger partial charge < -0.3 is 4.98 Å². The highest BCUT2D eigenvalue weighted by atomic mass is 32.1. The van der Waals surface area contributed by atoms with E-state index in [2.05, 4.69) is 30.8 Å². The van der Waals surface area contributed by atoms with Crippen molar-refractivity contribution in [3.63, 3.8) is 0 Å². The predicted octanol–water partition coefficient (Wildman–Crippen LogP) is 0.223. The molecule has 0 spiro atoms. The smallest absolute Gasteiger partial charge is 0.243 e. The number of carbonyl (C=O) groups excluding carboxylic acids is 1. The monoisotopic (exact) mass is 264 g/mol. The number of H-pyrrole nitrogens is 1. The molecule has 0 aromatic carbocycles. The van der Waals surface area contributed by atoms with E-state index in [0.29, 0.717) is 18.1 Å². The van der Waals surface area contributed by atoms with E-state index in [4.69, 9.17) is 0 Å². The van der Waals surface area contributed by atoms with E-state index in [1.807, 2.05) is 6.92 Å². The van der Waals surface area contributed by atoms with Crippen molar-refractivity contribution in [2.24, 2.45) is 0 Å². The minimum Gasteiger partial charge on any atom is -0.347 e. The fourth-order valence-electron chi connectivity index (χ4n) is 1.89. The van der Waals surface area contributed by atoms with Crippen LogP contribution >= 0.6 is 11.3 Å². The zero-order chi connectivity index (χ0) is 12.5. The molecule has 7 nitrogen and oxygen atoms in total. The van der Waals surface area contributed by atoms with Gasteiger partial charge in [0.05, 0.1) is 23.8 Å². The second-order valence-corrected chi connectivity index (χ2v) is 5.26. The average molecular weight is 264 g/mol. The van der Waals surface area contributed by atoms with E-state index < -0.39 is 0 Å². The Hall–Kier alpha value is -1.80. The number of rotatable bonds is 2. The summed E-state index contributed by atoms with van der Waals surface area (Å²) in [5.74, 6) is -0.0974. The molecular formula is C10H12N6OS. The summed E-state index contributed by atoms with van der Waals surface area (Å²) in [5, 5.41) is 15.0. The minimum atomic E-state index is -0.273. The SMILES string of the molecule is Cc1nnc(NC(=O)C2Cc3nc[nH]c3CN2)s1. The number of nitrogens with zero attached hydrogens (tertiary/aromatic N) is 3. The molecule has 0 aliphatic carbocycles. The summed E-state index contributed by atoms with van der Waals surface area (Å²) >= 11 is 1.36. The molecule has 2 aromatic heterocycles. The van der Waals surface area contributed by atoms with Crippen molar-refractivity contribution in [3.05, 3.63) is 22.7 Å². The van der Waals surface area contributed by atoms with E-state index in [0.717, 1.165) is 16.4 Å². The summed E-state index contributed by atoms with van der Waals surface area (Å²) in [7, 11) is 0. The molecule has 0 saturated carbocycles. The minimum absolute atomic E-state index is 0.0974. The van der Waals surface area contributed by atoms with Crippen LogP contribution in [-0.4, -0.2) is 32.1 Å². The number of fused-ring (bicyclic) bond motifs is 1. The van der Waals surface area contributed by atoms with Gasteiger partial charge >= 0.3 is 0 Å². The molecule has 3 heterocycles. The van der Waals surface area contributed by atoms with Crippen molar-refractivity contribution in [3.8, 4) is 0 Å². The molecule has 0 radical (unpaired) electrons. The number of amides is 1. The first-order chi connectivity index (χ1) is 8.72. The summed E-state index contributed by atoms with van der Waals surface area (Å²) in [6.45, 7) is 2.48. The molecule has 1 aliphatic heterocycles. The maximum absolute atomic E-state index is 12.0. The molecule has 3 rings (SSSR count). The lowest BCUT2D eigenvalue weighted by Gasteiger charge is -2.21. The maximum Gasteiger partial charge on any atom is 0.243 e. The molecule has 18 heavy (non-hydrogen) atoms. The maximum atomic E-state index is 12.0. The summed E-state index contributed by atoms with van der Waals surface area (Å²) in [6, 6.07) is -0.273. The van der Waals surface area contributed by atoms with Gasteiger partial charge in [-0.2, -0.15) is 0 Å². The topological polar surface area (TPSA) is 95.6 Å². The van der Waals surface area contributed by atoms with Crippen LogP contribution in [0.4, 0.5) is 5.13 Å². The number of nitrogens with one attached hydrogen (secondary N) is 3. The van der Waals surface area contributed by atoms with Gasteiger partial charge in [-0.15, -0.1) is 10.2 Å². The van der Waals surface area contributed by atoms with Gasteiger partial charge in [0.15, 0.2) is 0 Å². The number of aromatic amines is 1. The quantitative estimate of drug-likeness (QED) is 0.721. The van der Waals surface area contributed by atoms with Gasteiger partial charge in [0.25, 0.3) is 0 Å². The molecule has 8 heteroatoms. The Labute approximate surface area is 107 Å². The zero-order valence-corrected chi connectivity index (χ0v) is 10.5. The molecule has 0 fully saturated rings. The second kappa shape index (κ2) is 4.46. The van der Waals surface area contributed by atoms with Crippen molar-refractivity contribution < 1.29 is 4.79 Å². The number of aryl methyl sites for hydroxylation is 1. The van der Waals surface area contributed by atoms with E-state index in [9.17, 15) is 4.79 Å². The molecule has 0 saturated heterocycles. The molecular weight excluding hydrogens is 252 g/mol. The average Bonchev–Trinajstić information content (AvgIpc) is 2.96. The molecule has 0 bridgehead atoms. The Balaban J connectivity index is 1.67. The van der Waals surface area contributed by atoms with Gasteiger partial charge in [-0.25, -0.2) is 4.98 Å². The lowest BCUT2D eigenvalue weighted by atomic mass is 10.1. The first-order valence-corrected chi connectivity index (χ1v) is 6.39. The summed E-state index contributed by atoms with van der Waals surface area (Å²) in [4.78, 5) is 19.3. The van der Waals surface area contributed by atoms with Crippen LogP contribution in [0, 0.1) is 6.92 Å². The highest BCUT2D eigenvalue weighted by molar-refractivity contribution is 7.15. The number of carbonyl (C=O) groups is 1. The van der Waals surface area contributed by atoms with Gasteiger partial charge in [-0.3, -0.25) is 15.4 Å². The number of hydrogen-bond donors (Lipinski definition) is 3. The van der Waals surface area contributed by atoms with E-state index in [1.165, 1.54) is 11.3 Å². The molecule has 94 valence electrons. The third kappa shape index (κ3) is 2.12. The number of imidazole rings is 1. The standard InChI is InChI=1S/C10H12N6OS/c1-5-15-16-10(18-5)14-9(17)7-2-6-8(3-11-7)13-4-12-6/h4,7,11H,2-3H2,1H3,(H,12,13)(H,14,16,17). The molecule has 1 atom stereocenters. The van der Waals surface area contributed by atoms with Crippen LogP contribution in [0.5, 0.6) is 0 Å². The van der Waals surface area contributed by atoms with Gasteiger partial charge in [0.1, 0.15) is 5.01 Å². The molecule has 2 aromatic rings. The van der Waals surface area contributed by atoms with Crippen LogP contribution in [0.2, 0.25) is 0 Å². The molecule has 1 amide bonds. The Bertz CT molecular complexity index is 576. The van der Waals surface area contributed by atoms with E-state index in [-0.39, 0.29) is 11.9 Å². The third-order valence-electron chi connectivity index (χ3n) is 2.80. The van der Waals surface area contributed by atoms with Crippen LogP contribution in [0.25, 0.3) is 0 Å². The van der Waals surface area contributed by atoms with Crippen LogP contribution in [0.15, 0.2) is 6.33 Å². The highest BCUT2D eigenvalue weighted by Gasteiger charge is 2.26. The first kappa shape index (κ1) is 11.3. The van der Waals surface area contributed by atoms with Crippen LogP contribution in [0.1, 0.15) is 16.4 Å².